The first kappa shape index (κ1) is 21.2. The van der Waals surface area contributed by atoms with Crippen LogP contribution < -0.4 is 10.6 Å². The van der Waals surface area contributed by atoms with Gasteiger partial charge in [0.15, 0.2) is 0 Å². The number of nitrogens with one attached hydrogen (secondary N) is 4. The fourth-order valence-electron chi connectivity index (χ4n) is 4.15. The summed E-state index contributed by atoms with van der Waals surface area (Å²) >= 11 is 8.60. The van der Waals surface area contributed by atoms with Crippen molar-refractivity contribution in [1.29, 1.82) is 0 Å². The second-order valence-corrected chi connectivity index (χ2v) is 9.61. The number of hydrogen-bond donors (Lipinski definition) is 4. The molecule has 7 nitrogen and oxygen atoms in total. The molecule has 0 saturated carbocycles. The van der Waals surface area contributed by atoms with Crippen molar-refractivity contribution in [1.82, 2.24) is 25.1 Å². The summed E-state index contributed by atoms with van der Waals surface area (Å²) in [5, 5.41) is 17.8. The zero-order chi connectivity index (χ0) is 23.1. The minimum absolute atomic E-state index is 0.566. The Kier molecular flexibility index (Phi) is 5.46. The highest BCUT2D eigenvalue weighted by molar-refractivity contribution is 14.1. The number of para-hydroxylation sites is 1. The summed E-state index contributed by atoms with van der Waals surface area (Å²) in [6, 6.07) is 18.1. The lowest BCUT2D eigenvalue weighted by atomic mass is 10.1. The minimum Gasteiger partial charge on any atom is -0.361 e. The third-order valence-electron chi connectivity index (χ3n) is 5.77. The van der Waals surface area contributed by atoms with Crippen LogP contribution in [-0.4, -0.2) is 31.7 Å². The average molecular weight is 580 g/mol. The lowest BCUT2D eigenvalue weighted by molar-refractivity contribution is 0.998. The second kappa shape index (κ2) is 8.77. The van der Waals surface area contributed by atoms with Crippen LogP contribution in [0.25, 0.3) is 32.7 Å². The molecule has 9 heteroatoms. The van der Waals surface area contributed by atoms with Gasteiger partial charge in [-0.25, -0.2) is 4.98 Å². The quantitative estimate of drug-likeness (QED) is 0.166. The third-order valence-corrected chi connectivity index (χ3v) is 6.86. The molecule has 3 aromatic heterocycles. The zero-order valence-corrected chi connectivity index (χ0v) is 20.8. The van der Waals surface area contributed by atoms with Crippen molar-refractivity contribution < 1.29 is 0 Å². The zero-order valence-electron chi connectivity index (χ0n) is 17.9. The van der Waals surface area contributed by atoms with Crippen LogP contribution in [0.15, 0.2) is 67.0 Å². The summed E-state index contributed by atoms with van der Waals surface area (Å²) in [4.78, 5) is 12.8. The molecule has 4 N–H and O–H groups in total. The number of rotatable bonds is 6. The van der Waals surface area contributed by atoms with Gasteiger partial charge in [0.25, 0.3) is 0 Å². The van der Waals surface area contributed by atoms with Crippen molar-refractivity contribution in [2.45, 2.75) is 6.42 Å². The Bertz CT molecular complexity index is 1660. The van der Waals surface area contributed by atoms with Gasteiger partial charge >= 0.3 is 0 Å². The van der Waals surface area contributed by atoms with Crippen molar-refractivity contribution in [3.8, 4) is 0 Å². The maximum atomic E-state index is 6.29. The first-order valence-electron chi connectivity index (χ1n) is 10.8. The van der Waals surface area contributed by atoms with Gasteiger partial charge in [0.2, 0.25) is 5.95 Å². The normalized spacial score (nSPS) is 11.5. The van der Waals surface area contributed by atoms with E-state index in [1.54, 1.807) is 0 Å². The lowest BCUT2D eigenvalue weighted by Crippen LogP contribution is -2.09. The van der Waals surface area contributed by atoms with Gasteiger partial charge in [-0.1, -0.05) is 29.8 Å². The van der Waals surface area contributed by atoms with Crippen LogP contribution in [0.2, 0.25) is 5.02 Å². The van der Waals surface area contributed by atoms with Gasteiger partial charge in [0, 0.05) is 48.7 Å². The van der Waals surface area contributed by atoms with Gasteiger partial charge in [0.1, 0.15) is 5.82 Å². The fourth-order valence-corrected chi connectivity index (χ4v) is 5.09. The molecule has 3 heterocycles. The highest BCUT2D eigenvalue weighted by Crippen LogP contribution is 2.30. The number of aromatic nitrogens is 5. The number of fused-ring (bicyclic) bond motifs is 3. The molecule has 3 aromatic carbocycles. The largest absolute Gasteiger partial charge is 0.361 e. The highest BCUT2D eigenvalue weighted by atomic mass is 127. The lowest BCUT2D eigenvalue weighted by Gasteiger charge is -2.13. The number of nitrogens with zero attached hydrogens (tertiary/aromatic N) is 3. The molecule has 0 radical (unpaired) electrons. The molecule has 0 saturated heterocycles. The molecule has 0 atom stereocenters. The van der Waals surface area contributed by atoms with Crippen LogP contribution in [0.5, 0.6) is 0 Å². The number of halogens is 2. The summed E-state index contributed by atoms with van der Waals surface area (Å²) in [5.41, 5.74) is 5.16. The van der Waals surface area contributed by atoms with Crippen LogP contribution in [-0.2, 0) is 6.42 Å². The van der Waals surface area contributed by atoms with Crippen molar-refractivity contribution in [3.63, 3.8) is 0 Å². The molecule has 0 aliphatic carbocycles. The Balaban J connectivity index is 1.30. The maximum absolute atomic E-state index is 6.29. The predicted molar refractivity (Wildman–Crippen MR) is 147 cm³/mol. The Labute approximate surface area is 213 Å². The summed E-state index contributed by atoms with van der Waals surface area (Å²) in [7, 11) is 0. The van der Waals surface area contributed by atoms with Crippen molar-refractivity contribution in [3.05, 3.63) is 81.1 Å². The second-order valence-electron chi connectivity index (χ2n) is 8.01. The van der Waals surface area contributed by atoms with Gasteiger partial charge in [-0.3, -0.25) is 5.10 Å². The summed E-state index contributed by atoms with van der Waals surface area (Å²) in [6.07, 6.45) is 4.73. The fraction of sp³-hybridized carbons (Fsp3) is 0.0800. The molecule has 0 fully saturated rings. The Morgan fingerprint density at radius 3 is 2.85 bits per heavy atom. The molecular formula is C25H19ClIN7. The summed E-state index contributed by atoms with van der Waals surface area (Å²) < 4.78 is 1.07. The Morgan fingerprint density at radius 1 is 1.00 bits per heavy atom. The van der Waals surface area contributed by atoms with Crippen LogP contribution in [0, 0.1) is 3.57 Å². The molecule has 6 rings (SSSR count). The van der Waals surface area contributed by atoms with Gasteiger partial charge in [-0.05, 0) is 71.0 Å². The van der Waals surface area contributed by atoms with E-state index in [2.05, 4.69) is 78.9 Å². The van der Waals surface area contributed by atoms with Crippen LogP contribution in [0.1, 0.15) is 5.56 Å². The SMILES string of the molecule is Clc1ccc2nc(NCCc3c[nH]c4ccccc34)nc(Nc3cc(I)c4[nH]ncc4c3)c2c1. The summed E-state index contributed by atoms with van der Waals surface area (Å²) in [5.74, 6) is 1.26. The number of hydrogen-bond acceptors (Lipinski definition) is 5. The number of aromatic amines is 2. The van der Waals surface area contributed by atoms with Crippen LogP contribution in [0.4, 0.5) is 17.5 Å². The monoisotopic (exact) mass is 579 g/mol. The standard InChI is InChI=1S/C25H19ClIN7/c26-16-5-6-22-19(10-16)24(31-17-9-15-13-30-34-23(15)20(27)11-17)33-25(32-22)28-8-7-14-12-29-21-4-2-1-3-18(14)21/h1-6,9-13,29H,7-8H2,(H,30,34)(H2,28,31,32,33). The highest BCUT2D eigenvalue weighted by Gasteiger charge is 2.11. The predicted octanol–water partition coefficient (Wildman–Crippen LogP) is 6.64. The van der Waals surface area contributed by atoms with Crippen LogP contribution >= 0.6 is 34.2 Å². The van der Waals surface area contributed by atoms with Crippen LogP contribution in [0.3, 0.4) is 0 Å². The first-order chi connectivity index (χ1) is 16.6. The molecule has 0 spiro atoms. The van der Waals surface area contributed by atoms with Crippen molar-refractivity contribution >= 4 is 84.4 Å². The van der Waals surface area contributed by atoms with Gasteiger partial charge in [0.05, 0.1) is 17.2 Å². The maximum Gasteiger partial charge on any atom is 0.225 e. The van der Waals surface area contributed by atoms with E-state index in [-0.39, 0.29) is 0 Å². The Morgan fingerprint density at radius 2 is 1.91 bits per heavy atom. The number of anilines is 3. The van der Waals surface area contributed by atoms with Gasteiger partial charge in [-0.15, -0.1) is 0 Å². The van der Waals surface area contributed by atoms with E-state index in [0.29, 0.717) is 23.3 Å². The van der Waals surface area contributed by atoms with E-state index < -0.39 is 0 Å². The smallest absolute Gasteiger partial charge is 0.225 e. The minimum atomic E-state index is 0.566. The third kappa shape index (κ3) is 4.03. The molecule has 168 valence electrons. The van der Waals surface area contributed by atoms with Crippen molar-refractivity contribution in [2.75, 3.05) is 17.2 Å². The summed E-state index contributed by atoms with van der Waals surface area (Å²) in [6.45, 7) is 0.708. The molecular weight excluding hydrogens is 561 g/mol. The number of benzene rings is 3. The van der Waals surface area contributed by atoms with E-state index in [1.165, 1.54) is 10.9 Å². The van der Waals surface area contributed by atoms with E-state index >= 15 is 0 Å². The van der Waals surface area contributed by atoms with Gasteiger partial charge < -0.3 is 15.6 Å². The van der Waals surface area contributed by atoms with Gasteiger partial charge in [-0.2, -0.15) is 10.1 Å². The molecule has 34 heavy (non-hydrogen) atoms. The molecule has 0 aliphatic heterocycles. The van der Waals surface area contributed by atoms with E-state index in [4.69, 9.17) is 21.6 Å². The molecule has 0 bridgehead atoms. The Hall–Kier alpha value is -3.37. The topological polar surface area (TPSA) is 94.3 Å². The first-order valence-corrected chi connectivity index (χ1v) is 12.3. The van der Waals surface area contributed by atoms with E-state index in [9.17, 15) is 0 Å². The number of H-pyrrole nitrogens is 2. The van der Waals surface area contributed by atoms with E-state index in [0.717, 1.165) is 43.0 Å². The molecule has 0 aliphatic rings. The van der Waals surface area contributed by atoms with E-state index in [1.807, 2.05) is 36.5 Å². The molecule has 6 aromatic rings. The molecule has 0 unspecified atom stereocenters. The average Bonchev–Trinajstić information content (AvgIpc) is 3.47. The van der Waals surface area contributed by atoms with Crippen molar-refractivity contribution in [2.24, 2.45) is 0 Å². The molecule has 0 amide bonds.